The fourth-order valence-corrected chi connectivity index (χ4v) is 0. The molecule has 0 rings (SSSR count). The van der Waals surface area contributed by atoms with Gasteiger partial charge in [0.05, 0.1) is 0 Å². The molecule has 0 aliphatic rings. The van der Waals surface area contributed by atoms with Crippen LogP contribution in [0.1, 0.15) is 0 Å². The molecule has 15 heteroatoms. The molecule has 18 heavy (non-hydrogen) atoms. The quantitative estimate of drug-likeness (QED) is 0.235. The van der Waals surface area contributed by atoms with E-state index in [1.165, 1.54) is 0 Å². The van der Waals surface area contributed by atoms with Crippen molar-refractivity contribution in [1.82, 2.24) is 0 Å². The Morgan fingerprint density at radius 3 is 0.556 bits per heavy atom. The molecule has 3 N–H and O–H groups in total. The number of rotatable bonds is 0. The van der Waals surface area contributed by atoms with E-state index in [9.17, 15) is 0 Å². The number of carboxylic acid groups (broad SMARTS) is 6. The van der Waals surface area contributed by atoms with E-state index >= 15 is 0 Å². The van der Waals surface area contributed by atoms with E-state index in [2.05, 4.69) is 0 Å². The van der Waals surface area contributed by atoms with E-state index in [0.717, 1.165) is 0 Å². The monoisotopic (exact) mass is 652 g/mol. The first-order chi connectivity index (χ1) is 5.20. The van der Waals surface area contributed by atoms with E-state index in [-0.39, 0.29) is 135 Å². The van der Waals surface area contributed by atoms with Crippen LogP contribution in [-0.4, -0.2) is 34.9 Å². The third-order valence-corrected chi connectivity index (χ3v) is 0. The Bertz CT molecular complexity index is 125. The summed E-state index contributed by atoms with van der Waals surface area (Å²) in [6.45, 7) is 0. The minimum Gasteiger partial charge on any atom is -0.870 e. The molecule has 0 saturated heterocycles. The number of hydrogen-bond acceptors (Lipinski definition) is 12. The molecule has 0 heterocycles. The van der Waals surface area contributed by atoms with Gasteiger partial charge in [-0.1, -0.05) is 0 Å². The third-order valence-electron chi connectivity index (χ3n) is 0. The Morgan fingerprint density at radius 1 is 0.556 bits per heavy atom. The third kappa shape index (κ3) is 1870. The fraction of sp³-hybridized carbons (Fsp3) is 0. The molecule has 0 bridgehead atoms. The van der Waals surface area contributed by atoms with Crippen LogP contribution in [0.25, 0.3) is 0 Å². The van der Waals surface area contributed by atoms with E-state index in [1.54, 1.807) is 0 Å². The molecule has 0 aromatic rings. The second-order valence-electron chi connectivity index (χ2n) is 0.750. The smallest absolute Gasteiger partial charge is 0.870 e. The molecule has 0 amide bonds. The van der Waals surface area contributed by atoms with Crippen molar-refractivity contribution < 1.29 is 180 Å². The SMILES string of the molecule is O=C([O-])[O-].O=C([O-])[O-].O=C([O-])[O-].[Ce+3].[La+3].[Nd+3].[OH-].[OH-].[OH-]. The predicted octanol–water partition coefficient (Wildman–Crippen LogP) is -7.87. The summed E-state index contributed by atoms with van der Waals surface area (Å²) in [4.78, 5) is 25.0. The zero-order valence-electron chi connectivity index (χ0n) is 8.09. The molecule has 0 saturated carbocycles. The standard InChI is InChI=1S/3CH2O3.Ce.La.Nd.3H2O/c3*2-1(3)4;;;;;;/h3*(H2,2,3,4);;;;3*1H2/q;;;3*+3;;;/p-9. The van der Waals surface area contributed by atoms with Gasteiger partial charge in [0.25, 0.3) is 0 Å². The summed E-state index contributed by atoms with van der Waals surface area (Å²) < 4.78 is 0. The minimum absolute atomic E-state index is 0. The Kier molecular flexibility index (Phi) is 172. The van der Waals surface area contributed by atoms with E-state index < -0.39 is 18.5 Å². The van der Waals surface area contributed by atoms with Gasteiger partial charge in [-0.3, -0.25) is 0 Å². The van der Waals surface area contributed by atoms with Gasteiger partial charge in [0.15, 0.2) is 0 Å². The topological polar surface area (TPSA) is 280 Å². The van der Waals surface area contributed by atoms with Crippen molar-refractivity contribution in [1.29, 1.82) is 0 Å². The Hall–Kier alpha value is 1.61. The van der Waals surface area contributed by atoms with Crippen LogP contribution in [-0.2, 0) is 0 Å². The van der Waals surface area contributed by atoms with Crippen LogP contribution in [0.5, 0.6) is 0 Å². The van der Waals surface area contributed by atoms with E-state index in [4.69, 9.17) is 45.0 Å². The van der Waals surface area contributed by atoms with Gasteiger partial charge in [-0.15, -0.1) is 0 Å². The molecule has 0 aromatic carbocycles. The van der Waals surface area contributed by atoms with Crippen LogP contribution in [0, 0.1) is 118 Å². The minimum atomic E-state index is -2.33. The molecular formula is C3H3CeLaNdO12. The van der Waals surface area contributed by atoms with Crippen molar-refractivity contribution in [3.63, 3.8) is 0 Å². The second-order valence-corrected chi connectivity index (χ2v) is 0.750. The second kappa shape index (κ2) is 51.3. The van der Waals surface area contributed by atoms with Gasteiger partial charge >= 0.3 is 118 Å². The maximum Gasteiger partial charge on any atom is 3.00 e. The Morgan fingerprint density at radius 2 is 0.556 bits per heavy atom. The Balaban J connectivity index is -0.00000000827. The van der Waals surface area contributed by atoms with Crippen molar-refractivity contribution >= 4 is 18.5 Å². The van der Waals surface area contributed by atoms with Gasteiger partial charge in [-0.2, -0.15) is 0 Å². The molecule has 98 valence electrons. The largest absolute Gasteiger partial charge is 3.00 e. The van der Waals surface area contributed by atoms with Crippen LogP contribution >= 0.6 is 0 Å². The van der Waals surface area contributed by atoms with Crippen molar-refractivity contribution in [3.8, 4) is 0 Å². The first-order valence-electron chi connectivity index (χ1n) is 1.84. The van der Waals surface area contributed by atoms with Crippen molar-refractivity contribution in [2.24, 2.45) is 0 Å². The molecular weight excluding hydrogens is 651 g/mol. The van der Waals surface area contributed by atoms with Gasteiger partial charge in [0, 0.05) is 0 Å². The Labute approximate surface area is 194 Å². The molecule has 2 radical (unpaired) electrons. The molecule has 0 atom stereocenters. The molecule has 0 spiro atoms. The van der Waals surface area contributed by atoms with E-state index in [0.29, 0.717) is 0 Å². The summed E-state index contributed by atoms with van der Waals surface area (Å²) >= 11 is 0. The molecule has 0 fully saturated rings. The first kappa shape index (κ1) is 60.3. The van der Waals surface area contributed by atoms with Crippen molar-refractivity contribution in [2.75, 3.05) is 0 Å². The van der Waals surface area contributed by atoms with Gasteiger partial charge in [-0.25, -0.2) is 0 Å². The average Bonchev–Trinajstić information content (AvgIpc) is 1.54. The fourth-order valence-electron chi connectivity index (χ4n) is 0. The molecule has 0 unspecified atom stereocenters. The van der Waals surface area contributed by atoms with Crippen molar-refractivity contribution in [2.45, 2.75) is 0 Å². The van der Waals surface area contributed by atoms with Gasteiger partial charge < -0.3 is 61.5 Å². The summed E-state index contributed by atoms with van der Waals surface area (Å²) in [6, 6.07) is 0. The normalized spacial score (nSPS) is 4.00. The van der Waals surface area contributed by atoms with E-state index in [1.807, 2.05) is 0 Å². The molecule has 12 nitrogen and oxygen atoms in total. The summed E-state index contributed by atoms with van der Waals surface area (Å²) in [5.74, 6) is 0. The zero-order valence-corrected chi connectivity index (χ0v) is 18.1. The molecule has 0 aliphatic carbocycles. The summed E-state index contributed by atoms with van der Waals surface area (Å²) in [7, 11) is 0. The van der Waals surface area contributed by atoms with Gasteiger partial charge in [-0.05, 0) is 18.5 Å². The maximum atomic E-state index is 8.33. The van der Waals surface area contributed by atoms with Crippen LogP contribution in [0.3, 0.4) is 0 Å². The van der Waals surface area contributed by atoms with Crippen LogP contribution in [0.4, 0.5) is 14.4 Å². The van der Waals surface area contributed by atoms with Crippen LogP contribution < -0.4 is 30.6 Å². The summed E-state index contributed by atoms with van der Waals surface area (Å²) in [6.07, 6.45) is -7.00. The predicted molar refractivity (Wildman–Crippen MR) is 22.0 cm³/mol. The maximum absolute atomic E-state index is 8.33. The van der Waals surface area contributed by atoms with Crippen molar-refractivity contribution in [3.05, 3.63) is 0 Å². The number of hydrogen-bond donors (Lipinski definition) is 0. The summed E-state index contributed by atoms with van der Waals surface area (Å²) in [5, 5.41) is 50.0. The van der Waals surface area contributed by atoms with Crippen LogP contribution in [0.15, 0.2) is 0 Å². The molecule has 0 aliphatic heterocycles. The first-order valence-corrected chi connectivity index (χ1v) is 1.84. The molecule has 0 aromatic heterocycles. The van der Waals surface area contributed by atoms with Crippen LogP contribution in [0.2, 0.25) is 0 Å². The number of carbonyl (C=O) groups excluding carboxylic acids is 3. The van der Waals surface area contributed by atoms with Gasteiger partial charge in [0.2, 0.25) is 0 Å². The average molecular weight is 654 g/mol. The summed E-state index contributed by atoms with van der Waals surface area (Å²) in [5.41, 5.74) is 0. The van der Waals surface area contributed by atoms with Gasteiger partial charge in [0.1, 0.15) is 0 Å². The zero-order chi connectivity index (χ0) is 10.7. The number of carbonyl (C=O) groups is 3.